The highest BCUT2D eigenvalue weighted by Gasteiger charge is 2.14. The van der Waals surface area contributed by atoms with E-state index in [1.165, 1.54) is 18.2 Å². The van der Waals surface area contributed by atoms with Crippen LogP contribution in [0.4, 0.5) is 0 Å². The van der Waals surface area contributed by atoms with Crippen LogP contribution in [0.15, 0.2) is 24.5 Å². The fraction of sp³-hybridized carbons (Fsp3) is 0.588. The van der Waals surface area contributed by atoms with Gasteiger partial charge in [0.25, 0.3) is 0 Å². The Hall–Kier alpha value is -1.55. The van der Waals surface area contributed by atoms with Gasteiger partial charge in [0.1, 0.15) is 5.52 Å². The number of ether oxygens (including phenoxy) is 1. The molecular formula is C17H25N3O. The summed E-state index contributed by atoms with van der Waals surface area (Å²) in [6.07, 6.45) is 7.62. The van der Waals surface area contributed by atoms with Gasteiger partial charge in [0.05, 0.1) is 6.61 Å². The second kappa shape index (κ2) is 6.48. The molecule has 1 aliphatic heterocycles. The zero-order valence-electron chi connectivity index (χ0n) is 13.0. The molecule has 0 bridgehead atoms. The van der Waals surface area contributed by atoms with E-state index >= 15 is 0 Å². The van der Waals surface area contributed by atoms with Crippen molar-refractivity contribution in [2.24, 2.45) is 5.92 Å². The molecule has 2 aromatic rings. The summed E-state index contributed by atoms with van der Waals surface area (Å²) >= 11 is 0. The molecule has 3 rings (SSSR count). The minimum absolute atomic E-state index is 0.415. The smallest absolute Gasteiger partial charge is 0.238 e. The van der Waals surface area contributed by atoms with Crippen LogP contribution in [0, 0.1) is 5.92 Å². The highest BCUT2D eigenvalue weighted by Crippen LogP contribution is 2.27. The minimum Gasteiger partial charge on any atom is -0.476 e. The first-order valence-electron chi connectivity index (χ1n) is 8.05. The molecule has 1 fully saturated rings. The average Bonchev–Trinajstić information content (AvgIpc) is 2.93. The van der Waals surface area contributed by atoms with Crippen molar-refractivity contribution in [3.05, 3.63) is 24.5 Å². The van der Waals surface area contributed by atoms with Crippen molar-refractivity contribution in [1.82, 2.24) is 14.9 Å². The predicted octanol–water partition coefficient (Wildman–Crippen LogP) is 3.39. The average molecular weight is 287 g/mol. The van der Waals surface area contributed by atoms with Gasteiger partial charge in [-0.3, -0.25) is 0 Å². The number of nitrogens with zero attached hydrogens (tertiary/aromatic N) is 2. The Balaban J connectivity index is 1.69. The Morgan fingerprint density at radius 2 is 2.14 bits per heavy atom. The number of hydrogen-bond donors (Lipinski definition) is 1. The molecule has 0 amide bonds. The Morgan fingerprint density at radius 1 is 1.33 bits per heavy atom. The standard InChI is InChI=1S/C17H25N3O/c1-13(2)20-11-6-15-5-10-19-17(16(15)20)21-12-7-14-3-8-18-9-4-14/h5-6,10-11,13-14,18H,3-4,7-9,12H2,1-2H3. The number of piperidine rings is 1. The molecule has 2 aromatic heterocycles. The van der Waals surface area contributed by atoms with E-state index in [0.29, 0.717) is 6.04 Å². The fourth-order valence-electron chi connectivity index (χ4n) is 3.11. The largest absolute Gasteiger partial charge is 0.476 e. The van der Waals surface area contributed by atoms with Gasteiger partial charge in [-0.05, 0) is 64.3 Å². The first kappa shape index (κ1) is 14.4. The first-order chi connectivity index (χ1) is 10.3. The van der Waals surface area contributed by atoms with Crippen molar-refractivity contribution in [3.63, 3.8) is 0 Å². The van der Waals surface area contributed by atoms with Crippen molar-refractivity contribution >= 4 is 10.9 Å². The SMILES string of the molecule is CC(C)n1ccc2ccnc(OCCC3CCNCC3)c21. The van der Waals surface area contributed by atoms with E-state index in [4.69, 9.17) is 4.74 Å². The van der Waals surface area contributed by atoms with Crippen molar-refractivity contribution in [2.45, 2.75) is 39.2 Å². The number of hydrogen-bond acceptors (Lipinski definition) is 3. The molecule has 1 aliphatic rings. The minimum atomic E-state index is 0.415. The number of fused-ring (bicyclic) bond motifs is 1. The number of nitrogens with one attached hydrogen (secondary N) is 1. The van der Waals surface area contributed by atoms with Crippen LogP contribution in [0.3, 0.4) is 0 Å². The molecule has 3 heterocycles. The normalized spacial score (nSPS) is 16.7. The van der Waals surface area contributed by atoms with E-state index in [1.807, 2.05) is 12.3 Å². The first-order valence-corrected chi connectivity index (χ1v) is 8.05. The van der Waals surface area contributed by atoms with Crippen LogP contribution in [0.2, 0.25) is 0 Å². The molecular weight excluding hydrogens is 262 g/mol. The van der Waals surface area contributed by atoms with Crippen LogP contribution in [-0.2, 0) is 0 Å². The summed E-state index contributed by atoms with van der Waals surface area (Å²) in [5.41, 5.74) is 1.12. The van der Waals surface area contributed by atoms with E-state index in [2.05, 4.69) is 41.0 Å². The summed E-state index contributed by atoms with van der Waals surface area (Å²) < 4.78 is 8.26. The Kier molecular flexibility index (Phi) is 4.44. The third-order valence-electron chi connectivity index (χ3n) is 4.37. The summed E-state index contributed by atoms with van der Waals surface area (Å²) in [4.78, 5) is 4.45. The number of aromatic nitrogens is 2. The van der Waals surface area contributed by atoms with Crippen molar-refractivity contribution in [2.75, 3.05) is 19.7 Å². The quantitative estimate of drug-likeness (QED) is 0.916. The van der Waals surface area contributed by atoms with Crippen LogP contribution in [-0.4, -0.2) is 29.2 Å². The number of pyridine rings is 1. The highest BCUT2D eigenvalue weighted by atomic mass is 16.5. The molecule has 4 nitrogen and oxygen atoms in total. The summed E-state index contributed by atoms with van der Waals surface area (Å²) in [7, 11) is 0. The third-order valence-corrected chi connectivity index (χ3v) is 4.37. The lowest BCUT2D eigenvalue weighted by molar-refractivity contribution is 0.246. The molecule has 114 valence electrons. The molecule has 0 radical (unpaired) electrons. The molecule has 0 saturated carbocycles. The van der Waals surface area contributed by atoms with Gasteiger partial charge >= 0.3 is 0 Å². The lowest BCUT2D eigenvalue weighted by Gasteiger charge is -2.22. The topological polar surface area (TPSA) is 39.1 Å². The molecule has 0 atom stereocenters. The monoisotopic (exact) mass is 287 g/mol. The molecule has 21 heavy (non-hydrogen) atoms. The van der Waals surface area contributed by atoms with Crippen molar-refractivity contribution < 1.29 is 4.74 Å². The maximum Gasteiger partial charge on any atom is 0.238 e. The van der Waals surface area contributed by atoms with E-state index in [1.54, 1.807) is 0 Å². The van der Waals surface area contributed by atoms with Crippen LogP contribution < -0.4 is 10.1 Å². The lowest BCUT2D eigenvalue weighted by Crippen LogP contribution is -2.28. The Morgan fingerprint density at radius 3 is 2.90 bits per heavy atom. The third kappa shape index (κ3) is 3.21. The molecule has 0 unspecified atom stereocenters. The van der Waals surface area contributed by atoms with Crippen LogP contribution in [0.5, 0.6) is 5.88 Å². The van der Waals surface area contributed by atoms with Gasteiger partial charge in [-0.1, -0.05) is 0 Å². The fourth-order valence-corrected chi connectivity index (χ4v) is 3.11. The molecule has 1 saturated heterocycles. The Labute approximate surface area is 126 Å². The van der Waals surface area contributed by atoms with Gasteiger partial charge in [-0.2, -0.15) is 0 Å². The summed E-state index contributed by atoms with van der Waals surface area (Å²) in [5.74, 6) is 1.57. The zero-order chi connectivity index (χ0) is 14.7. The maximum absolute atomic E-state index is 6.02. The second-order valence-electron chi connectivity index (χ2n) is 6.20. The van der Waals surface area contributed by atoms with Gasteiger partial charge < -0.3 is 14.6 Å². The van der Waals surface area contributed by atoms with Crippen molar-refractivity contribution in [3.8, 4) is 5.88 Å². The maximum atomic E-state index is 6.02. The Bertz CT molecular complexity index is 585. The molecule has 0 spiro atoms. The highest BCUT2D eigenvalue weighted by molar-refractivity contribution is 5.84. The summed E-state index contributed by atoms with van der Waals surface area (Å²) in [5, 5.41) is 4.61. The predicted molar refractivity (Wildman–Crippen MR) is 85.8 cm³/mol. The van der Waals surface area contributed by atoms with E-state index in [0.717, 1.165) is 43.4 Å². The molecule has 1 N–H and O–H groups in total. The van der Waals surface area contributed by atoms with E-state index < -0.39 is 0 Å². The van der Waals surface area contributed by atoms with Crippen molar-refractivity contribution in [1.29, 1.82) is 0 Å². The van der Waals surface area contributed by atoms with E-state index in [9.17, 15) is 0 Å². The molecule has 0 aliphatic carbocycles. The van der Waals surface area contributed by atoms with Crippen LogP contribution in [0.25, 0.3) is 10.9 Å². The summed E-state index contributed by atoms with van der Waals surface area (Å²) in [6.45, 7) is 7.43. The van der Waals surface area contributed by atoms with Gasteiger partial charge in [-0.15, -0.1) is 0 Å². The van der Waals surface area contributed by atoms with Gasteiger partial charge in [-0.25, -0.2) is 4.98 Å². The lowest BCUT2D eigenvalue weighted by atomic mass is 9.95. The molecule has 4 heteroatoms. The van der Waals surface area contributed by atoms with E-state index in [-0.39, 0.29) is 0 Å². The van der Waals surface area contributed by atoms with Gasteiger partial charge in [0.2, 0.25) is 5.88 Å². The summed E-state index contributed by atoms with van der Waals surface area (Å²) in [6, 6.07) is 4.60. The zero-order valence-corrected chi connectivity index (χ0v) is 13.0. The van der Waals surface area contributed by atoms with Gasteiger partial charge in [0.15, 0.2) is 0 Å². The van der Waals surface area contributed by atoms with Gasteiger partial charge in [0, 0.05) is 23.8 Å². The second-order valence-corrected chi connectivity index (χ2v) is 6.20. The van der Waals surface area contributed by atoms with Crippen LogP contribution in [0.1, 0.15) is 39.2 Å². The van der Waals surface area contributed by atoms with Crippen LogP contribution >= 0.6 is 0 Å². The number of rotatable bonds is 5. The molecule has 0 aromatic carbocycles.